The molecule has 0 bridgehead atoms. The standard InChI is InChI=1S/C19H27Cl2N3O3S/c1-23-9-6-16(7-10-23)22-19(25)15-3-2-8-24(12-15)28(26,27)13-14-4-5-17(20)18(21)11-14/h4-5,11,15-16H,2-3,6-10,12-13H2,1H3,(H,22,25). The SMILES string of the molecule is CN1CCC(NC(=O)C2CCCN(S(=O)(=O)Cc3ccc(Cl)c(Cl)c3)C2)CC1. The molecule has 0 radical (unpaired) electrons. The summed E-state index contributed by atoms with van der Waals surface area (Å²) in [4.78, 5) is 14.9. The van der Waals surface area contributed by atoms with E-state index in [1.807, 2.05) is 0 Å². The Hall–Kier alpha value is -0.860. The van der Waals surface area contributed by atoms with Crippen LogP contribution in [0.25, 0.3) is 0 Å². The van der Waals surface area contributed by atoms with Crippen LogP contribution in [0.5, 0.6) is 0 Å². The molecule has 1 aromatic carbocycles. The quantitative estimate of drug-likeness (QED) is 0.752. The van der Waals surface area contributed by atoms with Crippen molar-refractivity contribution in [3.05, 3.63) is 33.8 Å². The number of benzene rings is 1. The van der Waals surface area contributed by atoms with Crippen LogP contribution in [0.15, 0.2) is 18.2 Å². The van der Waals surface area contributed by atoms with Gasteiger partial charge in [-0.25, -0.2) is 12.7 Å². The Bertz CT molecular complexity index is 811. The number of carbonyl (C=O) groups is 1. The molecule has 2 heterocycles. The van der Waals surface area contributed by atoms with Gasteiger partial charge in [0.25, 0.3) is 0 Å². The summed E-state index contributed by atoms with van der Waals surface area (Å²) in [6, 6.07) is 5.03. The van der Waals surface area contributed by atoms with Crippen molar-refractivity contribution >= 4 is 39.1 Å². The van der Waals surface area contributed by atoms with Gasteiger partial charge < -0.3 is 10.2 Å². The number of sulfonamides is 1. The Labute approximate surface area is 177 Å². The van der Waals surface area contributed by atoms with Crippen LogP contribution in [0.4, 0.5) is 0 Å². The average Bonchev–Trinajstić information content (AvgIpc) is 2.66. The summed E-state index contributed by atoms with van der Waals surface area (Å²) in [5, 5.41) is 3.86. The molecular weight excluding hydrogens is 421 g/mol. The Morgan fingerprint density at radius 1 is 1.14 bits per heavy atom. The highest BCUT2D eigenvalue weighted by Crippen LogP contribution is 2.26. The number of hydrogen-bond donors (Lipinski definition) is 1. The van der Waals surface area contributed by atoms with Crippen LogP contribution in [0.2, 0.25) is 10.0 Å². The summed E-state index contributed by atoms with van der Waals surface area (Å²) < 4.78 is 27.2. The highest BCUT2D eigenvalue weighted by molar-refractivity contribution is 7.88. The first-order valence-corrected chi connectivity index (χ1v) is 12.0. The van der Waals surface area contributed by atoms with Crippen LogP contribution in [0, 0.1) is 5.92 Å². The zero-order chi connectivity index (χ0) is 20.3. The molecule has 2 fully saturated rings. The fourth-order valence-corrected chi connectivity index (χ4v) is 5.73. The van der Waals surface area contributed by atoms with Crippen LogP contribution in [0.1, 0.15) is 31.2 Å². The second-order valence-corrected chi connectivity index (χ2v) is 10.6. The molecule has 28 heavy (non-hydrogen) atoms. The second-order valence-electron chi connectivity index (χ2n) is 7.79. The Morgan fingerprint density at radius 2 is 1.86 bits per heavy atom. The van der Waals surface area contributed by atoms with E-state index in [2.05, 4.69) is 17.3 Å². The molecule has 0 aliphatic carbocycles. The van der Waals surface area contributed by atoms with Crippen molar-refractivity contribution < 1.29 is 13.2 Å². The summed E-state index contributed by atoms with van der Waals surface area (Å²) in [6.45, 7) is 2.63. The highest BCUT2D eigenvalue weighted by Gasteiger charge is 2.33. The summed E-state index contributed by atoms with van der Waals surface area (Å²) in [6.07, 6.45) is 3.28. The summed E-state index contributed by atoms with van der Waals surface area (Å²) in [7, 11) is -1.45. The molecule has 156 valence electrons. The number of carbonyl (C=O) groups excluding carboxylic acids is 1. The van der Waals surface area contributed by atoms with Crippen molar-refractivity contribution in [1.82, 2.24) is 14.5 Å². The maximum Gasteiger partial charge on any atom is 0.224 e. The van der Waals surface area contributed by atoms with Crippen LogP contribution < -0.4 is 5.32 Å². The van der Waals surface area contributed by atoms with Crippen LogP contribution in [0.3, 0.4) is 0 Å². The molecule has 1 amide bonds. The monoisotopic (exact) mass is 447 g/mol. The molecule has 9 heteroatoms. The fraction of sp³-hybridized carbons (Fsp3) is 0.632. The molecule has 0 saturated carbocycles. The topological polar surface area (TPSA) is 69.7 Å². The molecule has 0 aromatic heterocycles. The van der Waals surface area contributed by atoms with E-state index in [4.69, 9.17) is 23.2 Å². The molecule has 1 aromatic rings. The van der Waals surface area contributed by atoms with Crippen molar-refractivity contribution in [2.24, 2.45) is 5.92 Å². The number of likely N-dealkylation sites (tertiary alicyclic amines) is 1. The minimum atomic E-state index is -3.53. The third kappa shape index (κ3) is 5.60. The van der Waals surface area contributed by atoms with Gasteiger partial charge in [0.05, 0.1) is 21.7 Å². The zero-order valence-electron chi connectivity index (χ0n) is 16.0. The minimum absolute atomic E-state index is 0.0241. The number of piperidine rings is 2. The molecular formula is C19H27Cl2N3O3S. The predicted molar refractivity (Wildman–Crippen MR) is 112 cm³/mol. The highest BCUT2D eigenvalue weighted by atomic mass is 35.5. The van der Waals surface area contributed by atoms with Crippen LogP contribution in [-0.2, 0) is 20.6 Å². The normalized spacial score (nSPS) is 22.9. The Morgan fingerprint density at radius 3 is 2.54 bits per heavy atom. The molecule has 2 aliphatic rings. The molecule has 1 unspecified atom stereocenters. The molecule has 3 rings (SSSR count). The van der Waals surface area contributed by atoms with E-state index in [9.17, 15) is 13.2 Å². The number of amides is 1. The van der Waals surface area contributed by atoms with Crippen molar-refractivity contribution in [1.29, 1.82) is 0 Å². The summed E-state index contributed by atoms with van der Waals surface area (Å²) in [5.41, 5.74) is 0.590. The van der Waals surface area contributed by atoms with E-state index in [1.54, 1.807) is 18.2 Å². The number of halogens is 2. The van der Waals surface area contributed by atoms with Crippen molar-refractivity contribution in [3.8, 4) is 0 Å². The van der Waals surface area contributed by atoms with Gasteiger partial charge in [-0.15, -0.1) is 0 Å². The Kier molecular flexibility index (Phi) is 7.26. The van der Waals surface area contributed by atoms with E-state index in [0.29, 0.717) is 28.6 Å². The van der Waals surface area contributed by atoms with E-state index in [0.717, 1.165) is 32.4 Å². The van der Waals surface area contributed by atoms with E-state index in [-0.39, 0.29) is 30.2 Å². The molecule has 2 aliphatic heterocycles. The average molecular weight is 448 g/mol. The van der Waals surface area contributed by atoms with Gasteiger partial charge in [0.1, 0.15) is 0 Å². The van der Waals surface area contributed by atoms with Crippen molar-refractivity contribution in [2.45, 2.75) is 37.5 Å². The lowest BCUT2D eigenvalue weighted by molar-refractivity contribution is -0.127. The molecule has 1 atom stereocenters. The van der Waals surface area contributed by atoms with Crippen molar-refractivity contribution in [3.63, 3.8) is 0 Å². The van der Waals surface area contributed by atoms with Crippen molar-refractivity contribution in [2.75, 3.05) is 33.2 Å². The summed E-state index contributed by atoms with van der Waals surface area (Å²) in [5.74, 6) is -0.464. The molecule has 0 spiro atoms. The largest absolute Gasteiger partial charge is 0.353 e. The third-order valence-electron chi connectivity index (χ3n) is 5.55. The van der Waals surface area contributed by atoms with Gasteiger partial charge in [-0.3, -0.25) is 4.79 Å². The lowest BCUT2D eigenvalue weighted by Crippen LogP contribution is -2.49. The molecule has 6 nitrogen and oxygen atoms in total. The lowest BCUT2D eigenvalue weighted by atomic mass is 9.97. The van der Waals surface area contributed by atoms with E-state index < -0.39 is 10.0 Å². The fourth-order valence-electron chi connectivity index (χ4n) is 3.81. The van der Waals surface area contributed by atoms with Gasteiger partial charge in [-0.05, 0) is 63.5 Å². The van der Waals surface area contributed by atoms with E-state index >= 15 is 0 Å². The maximum absolute atomic E-state index is 12.9. The first-order chi connectivity index (χ1) is 13.2. The molecule has 2 saturated heterocycles. The predicted octanol–water partition coefficient (Wildman–Crippen LogP) is 2.75. The number of nitrogens with zero attached hydrogens (tertiary/aromatic N) is 2. The van der Waals surface area contributed by atoms with Gasteiger partial charge in [0, 0.05) is 19.1 Å². The number of nitrogens with one attached hydrogen (secondary N) is 1. The second kappa shape index (κ2) is 9.30. The first-order valence-electron chi connectivity index (χ1n) is 9.65. The van der Waals surface area contributed by atoms with Gasteiger partial charge in [-0.2, -0.15) is 0 Å². The van der Waals surface area contributed by atoms with Crippen LogP contribution in [-0.4, -0.2) is 62.8 Å². The first kappa shape index (κ1) is 21.8. The summed E-state index contributed by atoms with van der Waals surface area (Å²) >= 11 is 11.9. The van der Waals surface area contributed by atoms with Gasteiger partial charge in [0.2, 0.25) is 15.9 Å². The number of rotatable bonds is 5. The maximum atomic E-state index is 12.9. The number of hydrogen-bond acceptors (Lipinski definition) is 4. The molecule has 1 N–H and O–H groups in total. The van der Waals surface area contributed by atoms with Gasteiger partial charge in [-0.1, -0.05) is 29.3 Å². The lowest BCUT2D eigenvalue weighted by Gasteiger charge is -2.34. The van der Waals surface area contributed by atoms with Gasteiger partial charge >= 0.3 is 0 Å². The van der Waals surface area contributed by atoms with Gasteiger partial charge in [0.15, 0.2) is 0 Å². The smallest absolute Gasteiger partial charge is 0.224 e. The Balaban J connectivity index is 1.59. The minimum Gasteiger partial charge on any atom is -0.353 e. The third-order valence-corrected chi connectivity index (χ3v) is 8.10. The zero-order valence-corrected chi connectivity index (χ0v) is 18.4. The van der Waals surface area contributed by atoms with Crippen LogP contribution >= 0.6 is 23.2 Å². The van der Waals surface area contributed by atoms with E-state index in [1.165, 1.54) is 4.31 Å².